The van der Waals surface area contributed by atoms with Crippen molar-refractivity contribution in [3.63, 3.8) is 0 Å². The fraction of sp³-hybridized carbons (Fsp3) is 0.917. The highest BCUT2D eigenvalue weighted by Gasteiger charge is 2.29. The van der Waals surface area contributed by atoms with E-state index in [9.17, 15) is 4.79 Å². The van der Waals surface area contributed by atoms with Crippen molar-refractivity contribution in [3.8, 4) is 0 Å². The van der Waals surface area contributed by atoms with Gasteiger partial charge in [0.15, 0.2) is 5.78 Å². The second-order valence-corrected chi connectivity index (χ2v) is 5.05. The predicted molar refractivity (Wildman–Crippen MR) is 64.5 cm³/mol. The van der Waals surface area contributed by atoms with Gasteiger partial charge in [-0.05, 0) is 52.5 Å². The van der Waals surface area contributed by atoms with E-state index in [0.717, 1.165) is 52.0 Å². The van der Waals surface area contributed by atoms with Crippen LogP contribution in [0.1, 0.15) is 19.3 Å². The first-order chi connectivity index (χ1) is 7.77. The minimum atomic E-state index is 0.0654. The molecule has 2 N–H and O–H groups in total. The number of nitrogens with zero attached hydrogens (tertiary/aromatic N) is 1. The molecule has 16 heavy (non-hydrogen) atoms. The van der Waals surface area contributed by atoms with Crippen LogP contribution in [0.3, 0.4) is 0 Å². The Hall–Kier alpha value is -0.450. The van der Waals surface area contributed by atoms with Crippen LogP contribution in [0.15, 0.2) is 0 Å². The SMILES string of the molecule is CN1CCCNC(C(=O)C2CCNCC2)C1. The fourth-order valence-electron chi connectivity index (χ4n) is 2.67. The Morgan fingerprint density at radius 3 is 2.75 bits per heavy atom. The summed E-state index contributed by atoms with van der Waals surface area (Å²) in [5.74, 6) is 0.723. The molecule has 0 aromatic heterocycles. The summed E-state index contributed by atoms with van der Waals surface area (Å²) >= 11 is 0. The molecule has 2 fully saturated rings. The molecule has 0 aromatic rings. The van der Waals surface area contributed by atoms with E-state index in [2.05, 4.69) is 22.6 Å². The van der Waals surface area contributed by atoms with E-state index in [0.29, 0.717) is 5.78 Å². The van der Waals surface area contributed by atoms with Gasteiger partial charge in [-0.15, -0.1) is 0 Å². The lowest BCUT2D eigenvalue weighted by Crippen LogP contribution is -2.47. The van der Waals surface area contributed by atoms with Gasteiger partial charge in [0.05, 0.1) is 6.04 Å². The molecule has 2 rings (SSSR count). The van der Waals surface area contributed by atoms with Crippen LogP contribution in [0.2, 0.25) is 0 Å². The Labute approximate surface area is 97.8 Å². The van der Waals surface area contributed by atoms with Crippen LogP contribution in [0.5, 0.6) is 0 Å². The zero-order valence-corrected chi connectivity index (χ0v) is 10.2. The lowest BCUT2D eigenvalue weighted by atomic mass is 9.89. The molecule has 2 aliphatic rings. The minimum absolute atomic E-state index is 0.0654. The third-order valence-corrected chi connectivity index (χ3v) is 3.69. The number of carbonyl (C=O) groups is 1. The van der Waals surface area contributed by atoms with Crippen LogP contribution in [0.25, 0.3) is 0 Å². The summed E-state index contributed by atoms with van der Waals surface area (Å²) in [6.45, 7) is 4.95. The van der Waals surface area contributed by atoms with Gasteiger partial charge < -0.3 is 15.5 Å². The predicted octanol–water partition coefficient (Wildman–Crippen LogP) is -0.151. The standard InChI is InChI=1S/C12H23N3O/c1-15-8-2-5-14-11(9-15)12(16)10-3-6-13-7-4-10/h10-11,13-14H,2-9H2,1H3. The lowest BCUT2D eigenvalue weighted by Gasteiger charge is -2.27. The molecule has 1 unspecified atom stereocenters. The van der Waals surface area contributed by atoms with Crippen molar-refractivity contribution in [2.24, 2.45) is 5.92 Å². The van der Waals surface area contributed by atoms with Crippen molar-refractivity contribution in [1.29, 1.82) is 0 Å². The number of hydrogen-bond donors (Lipinski definition) is 2. The maximum absolute atomic E-state index is 12.3. The second-order valence-electron chi connectivity index (χ2n) is 5.05. The Morgan fingerprint density at radius 1 is 1.25 bits per heavy atom. The van der Waals surface area contributed by atoms with Crippen LogP contribution in [0, 0.1) is 5.92 Å². The number of likely N-dealkylation sites (N-methyl/N-ethyl adjacent to an activating group) is 1. The molecule has 0 bridgehead atoms. The Bertz CT molecular complexity index is 238. The molecule has 92 valence electrons. The van der Waals surface area contributed by atoms with Gasteiger partial charge in [0.1, 0.15) is 0 Å². The molecule has 0 aliphatic carbocycles. The number of ketones is 1. The minimum Gasteiger partial charge on any atom is -0.317 e. The fourth-order valence-corrected chi connectivity index (χ4v) is 2.67. The van der Waals surface area contributed by atoms with Gasteiger partial charge in [-0.2, -0.15) is 0 Å². The number of piperidine rings is 1. The van der Waals surface area contributed by atoms with Gasteiger partial charge in [0.2, 0.25) is 0 Å². The highest BCUT2D eigenvalue weighted by Crippen LogP contribution is 2.15. The molecule has 4 nitrogen and oxygen atoms in total. The molecule has 0 amide bonds. The van der Waals surface area contributed by atoms with Crippen LogP contribution < -0.4 is 10.6 Å². The highest BCUT2D eigenvalue weighted by atomic mass is 16.1. The normalized spacial score (nSPS) is 29.9. The molecule has 0 saturated carbocycles. The topological polar surface area (TPSA) is 44.4 Å². The lowest BCUT2D eigenvalue weighted by molar-refractivity contribution is -0.125. The van der Waals surface area contributed by atoms with Crippen LogP contribution in [0.4, 0.5) is 0 Å². The number of rotatable bonds is 2. The molecular weight excluding hydrogens is 202 g/mol. The molecule has 4 heteroatoms. The molecule has 2 saturated heterocycles. The third-order valence-electron chi connectivity index (χ3n) is 3.69. The summed E-state index contributed by atoms with van der Waals surface area (Å²) in [4.78, 5) is 14.6. The molecule has 0 radical (unpaired) electrons. The average Bonchev–Trinajstić information content (AvgIpc) is 2.54. The zero-order chi connectivity index (χ0) is 11.4. The highest BCUT2D eigenvalue weighted by molar-refractivity contribution is 5.86. The van der Waals surface area contributed by atoms with Crippen LogP contribution in [-0.4, -0.2) is 56.5 Å². The molecule has 1 atom stereocenters. The van der Waals surface area contributed by atoms with Gasteiger partial charge in [-0.1, -0.05) is 0 Å². The maximum atomic E-state index is 12.3. The number of carbonyl (C=O) groups excluding carboxylic acids is 1. The third kappa shape index (κ3) is 3.03. The largest absolute Gasteiger partial charge is 0.317 e. The van der Waals surface area contributed by atoms with Crippen molar-refractivity contribution >= 4 is 5.78 Å². The Kier molecular flexibility index (Phi) is 4.32. The molecule has 0 spiro atoms. The second kappa shape index (κ2) is 5.75. The van der Waals surface area contributed by atoms with Gasteiger partial charge in [0, 0.05) is 12.5 Å². The smallest absolute Gasteiger partial charge is 0.154 e. The zero-order valence-electron chi connectivity index (χ0n) is 10.2. The van der Waals surface area contributed by atoms with E-state index in [4.69, 9.17) is 0 Å². The molecule has 2 aliphatic heterocycles. The van der Waals surface area contributed by atoms with E-state index in [1.807, 2.05) is 0 Å². The first-order valence-electron chi connectivity index (χ1n) is 6.44. The monoisotopic (exact) mass is 225 g/mol. The van der Waals surface area contributed by atoms with Crippen molar-refractivity contribution in [2.75, 3.05) is 39.8 Å². The number of Topliss-reactive ketones (excluding diaryl/α,β-unsaturated/α-hetero) is 1. The van der Waals surface area contributed by atoms with Gasteiger partial charge >= 0.3 is 0 Å². The van der Waals surface area contributed by atoms with E-state index < -0.39 is 0 Å². The van der Waals surface area contributed by atoms with Crippen molar-refractivity contribution in [2.45, 2.75) is 25.3 Å². The van der Waals surface area contributed by atoms with Gasteiger partial charge in [0.25, 0.3) is 0 Å². The number of nitrogens with one attached hydrogen (secondary N) is 2. The van der Waals surface area contributed by atoms with Crippen molar-refractivity contribution in [1.82, 2.24) is 15.5 Å². The number of hydrogen-bond acceptors (Lipinski definition) is 4. The van der Waals surface area contributed by atoms with Crippen LogP contribution in [-0.2, 0) is 4.79 Å². The van der Waals surface area contributed by atoms with E-state index >= 15 is 0 Å². The van der Waals surface area contributed by atoms with Crippen LogP contribution >= 0.6 is 0 Å². The summed E-state index contributed by atoms with van der Waals surface area (Å²) in [5.41, 5.74) is 0. The van der Waals surface area contributed by atoms with E-state index in [1.165, 1.54) is 0 Å². The van der Waals surface area contributed by atoms with Crippen molar-refractivity contribution < 1.29 is 4.79 Å². The van der Waals surface area contributed by atoms with Gasteiger partial charge in [-0.25, -0.2) is 0 Å². The molecular formula is C12H23N3O. The van der Waals surface area contributed by atoms with Crippen molar-refractivity contribution in [3.05, 3.63) is 0 Å². The summed E-state index contributed by atoms with van der Waals surface area (Å²) in [6, 6.07) is 0.0654. The average molecular weight is 225 g/mol. The molecule has 2 heterocycles. The first kappa shape index (κ1) is 12.0. The van der Waals surface area contributed by atoms with Gasteiger partial charge in [-0.3, -0.25) is 4.79 Å². The quantitative estimate of drug-likeness (QED) is 0.686. The maximum Gasteiger partial charge on any atom is 0.154 e. The Balaban J connectivity index is 1.91. The summed E-state index contributed by atoms with van der Waals surface area (Å²) in [6.07, 6.45) is 3.17. The summed E-state index contributed by atoms with van der Waals surface area (Å²) < 4.78 is 0. The summed E-state index contributed by atoms with van der Waals surface area (Å²) in [5, 5.41) is 6.71. The first-order valence-corrected chi connectivity index (χ1v) is 6.44. The van der Waals surface area contributed by atoms with E-state index in [1.54, 1.807) is 0 Å². The Morgan fingerprint density at radius 2 is 2.00 bits per heavy atom. The van der Waals surface area contributed by atoms with E-state index in [-0.39, 0.29) is 12.0 Å². The summed E-state index contributed by atoms with van der Waals surface area (Å²) in [7, 11) is 2.11. The molecule has 0 aromatic carbocycles.